The van der Waals surface area contributed by atoms with Crippen LogP contribution in [-0.2, 0) is 9.47 Å². The first-order chi connectivity index (χ1) is 14.6. The van der Waals surface area contributed by atoms with Gasteiger partial charge in [-0.25, -0.2) is 14.0 Å². The molecule has 2 fully saturated rings. The number of carbonyl (C=O) groups is 2. The third-order valence-corrected chi connectivity index (χ3v) is 6.12. The average Bonchev–Trinajstić information content (AvgIpc) is 2.98. The van der Waals surface area contributed by atoms with E-state index in [1.54, 1.807) is 9.80 Å². The molecule has 2 aliphatic heterocycles. The van der Waals surface area contributed by atoms with E-state index in [0.717, 1.165) is 32.4 Å². The highest BCUT2D eigenvalue weighted by Gasteiger charge is 2.33. The topological polar surface area (TPSA) is 59.1 Å². The van der Waals surface area contributed by atoms with E-state index in [4.69, 9.17) is 9.47 Å². The summed E-state index contributed by atoms with van der Waals surface area (Å²) < 4.78 is 24.7. The Morgan fingerprint density at radius 3 is 1.91 bits per heavy atom. The van der Waals surface area contributed by atoms with Gasteiger partial charge >= 0.3 is 12.2 Å². The summed E-state index contributed by atoms with van der Waals surface area (Å²) >= 11 is 3.20. The van der Waals surface area contributed by atoms with E-state index < -0.39 is 16.9 Å². The van der Waals surface area contributed by atoms with Crippen molar-refractivity contribution >= 4 is 28.1 Å². The van der Waals surface area contributed by atoms with Crippen LogP contribution >= 0.6 is 15.9 Å². The van der Waals surface area contributed by atoms with Crippen molar-refractivity contribution in [3.8, 4) is 0 Å². The Morgan fingerprint density at radius 2 is 1.41 bits per heavy atom. The molecule has 2 rings (SSSR count). The summed E-state index contributed by atoms with van der Waals surface area (Å²) in [7, 11) is 0. The first-order valence-corrected chi connectivity index (χ1v) is 12.6. The van der Waals surface area contributed by atoms with E-state index in [2.05, 4.69) is 22.5 Å². The maximum atomic E-state index is 14.1. The second-order valence-corrected chi connectivity index (χ2v) is 11.2. The second-order valence-electron chi connectivity index (χ2n) is 10.7. The highest BCUT2D eigenvalue weighted by atomic mass is 79.9. The van der Waals surface area contributed by atoms with Gasteiger partial charge in [0.25, 0.3) is 0 Å². The molecule has 0 saturated carbocycles. The summed E-state index contributed by atoms with van der Waals surface area (Å²) in [5, 5.41) is 0.335. The van der Waals surface area contributed by atoms with Crippen molar-refractivity contribution in [2.24, 2.45) is 0 Å². The Balaban J connectivity index is 0.000000323. The van der Waals surface area contributed by atoms with E-state index >= 15 is 0 Å². The van der Waals surface area contributed by atoms with Gasteiger partial charge in [0.1, 0.15) is 16.9 Å². The van der Waals surface area contributed by atoms with E-state index in [-0.39, 0.29) is 12.2 Å². The van der Waals surface area contributed by atoms with E-state index in [1.807, 2.05) is 41.5 Å². The van der Waals surface area contributed by atoms with Gasteiger partial charge in [-0.3, -0.25) is 0 Å². The molecule has 1 atom stereocenters. The van der Waals surface area contributed by atoms with Crippen LogP contribution in [0.3, 0.4) is 0 Å². The smallest absolute Gasteiger partial charge is 0.410 e. The average molecular weight is 522 g/mol. The monoisotopic (exact) mass is 520 g/mol. The summed E-state index contributed by atoms with van der Waals surface area (Å²) in [4.78, 5) is 27.0. The lowest BCUT2D eigenvalue weighted by Gasteiger charge is -2.26. The minimum absolute atomic E-state index is 0.197. The third kappa shape index (κ3) is 11.5. The molecular weight excluding hydrogens is 479 g/mol. The van der Waals surface area contributed by atoms with Gasteiger partial charge in [0.2, 0.25) is 0 Å². The molecule has 1 unspecified atom stereocenters. The predicted octanol–water partition coefficient (Wildman–Crippen LogP) is 6.47. The summed E-state index contributed by atoms with van der Waals surface area (Å²) in [5.41, 5.74) is -0.843. The first kappa shape index (κ1) is 28.7. The zero-order valence-electron chi connectivity index (χ0n) is 20.8. The largest absolute Gasteiger partial charge is 0.444 e. The van der Waals surface area contributed by atoms with Gasteiger partial charge in [-0.2, -0.15) is 0 Å². The number of rotatable bonds is 1. The Kier molecular flexibility index (Phi) is 11.0. The minimum Gasteiger partial charge on any atom is -0.444 e. The highest BCUT2D eigenvalue weighted by Crippen LogP contribution is 2.29. The fourth-order valence-corrected chi connectivity index (χ4v) is 3.92. The fourth-order valence-electron chi connectivity index (χ4n) is 3.36. The minimum atomic E-state index is -1.18. The molecule has 0 aromatic heterocycles. The van der Waals surface area contributed by atoms with Gasteiger partial charge in [-0.1, -0.05) is 28.1 Å². The number of ether oxygens (including phenoxy) is 2. The zero-order valence-corrected chi connectivity index (χ0v) is 22.4. The molecule has 186 valence electrons. The predicted molar refractivity (Wildman–Crippen MR) is 130 cm³/mol. The number of hydrogen-bond acceptors (Lipinski definition) is 4. The molecule has 0 aromatic rings. The normalized spacial score (nSPS) is 22.8. The number of likely N-dealkylation sites (tertiary alicyclic amines) is 2. The molecule has 0 N–H and O–H groups in total. The molecule has 8 heteroatoms. The lowest BCUT2D eigenvalue weighted by molar-refractivity contribution is 0.0242. The SMILES string of the molecule is C=C1CCCN(C(=O)OC(C)(C)C)CC1.CC(C)(C)OC(=O)N1CCCC(F)(CBr)CC1. The van der Waals surface area contributed by atoms with Crippen molar-refractivity contribution in [2.45, 2.75) is 96.9 Å². The van der Waals surface area contributed by atoms with Crippen molar-refractivity contribution in [3.63, 3.8) is 0 Å². The van der Waals surface area contributed by atoms with Crippen LogP contribution < -0.4 is 0 Å². The number of amides is 2. The molecule has 2 saturated heterocycles. The van der Waals surface area contributed by atoms with Crippen molar-refractivity contribution in [1.82, 2.24) is 9.80 Å². The summed E-state index contributed by atoms with van der Waals surface area (Å²) in [6.45, 7) is 17.7. The quantitative estimate of drug-likeness (QED) is 0.293. The van der Waals surface area contributed by atoms with Crippen LogP contribution in [0.1, 0.15) is 80.1 Å². The van der Waals surface area contributed by atoms with Crippen LogP contribution in [0.4, 0.5) is 14.0 Å². The number of carbonyl (C=O) groups excluding carboxylic acids is 2. The molecule has 0 aliphatic carbocycles. The highest BCUT2D eigenvalue weighted by molar-refractivity contribution is 9.09. The summed E-state index contributed by atoms with van der Waals surface area (Å²) in [5.74, 6) is 0. The number of alkyl halides is 2. The molecule has 0 aromatic carbocycles. The van der Waals surface area contributed by atoms with Crippen LogP contribution in [0, 0.1) is 0 Å². The number of nitrogens with zero attached hydrogens (tertiary/aromatic N) is 2. The fraction of sp³-hybridized carbons (Fsp3) is 0.833. The van der Waals surface area contributed by atoms with Crippen molar-refractivity contribution in [2.75, 3.05) is 31.5 Å². The summed E-state index contributed by atoms with van der Waals surface area (Å²) in [6, 6.07) is 0. The number of halogens is 2. The molecular formula is C24H42BrFN2O4. The van der Waals surface area contributed by atoms with Crippen LogP contribution in [-0.4, -0.2) is 70.4 Å². The van der Waals surface area contributed by atoms with E-state index in [1.165, 1.54) is 5.57 Å². The van der Waals surface area contributed by atoms with Crippen molar-refractivity contribution in [3.05, 3.63) is 12.2 Å². The lowest BCUT2D eigenvalue weighted by Crippen LogP contribution is -2.38. The van der Waals surface area contributed by atoms with Crippen molar-refractivity contribution < 1.29 is 23.5 Å². The maximum Gasteiger partial charge on any atom is 0.410 e. The zero-order chi connectivity index (χ0) is 24.6. The molecule has 32 heavy (non-hydrogen) atoms. The van der Waals surface area contributed by atoms with Gasteiger partial charge < -0.3 is 19.3 Å². The molecule has 0 spiro atoms. The molecule has 2 aliphatic rings. The molecule has 2 heterocycles. The van der Waals surface area contributed by atoms with Gasteiger partial charge in [0.05, 0.1) is 0 Å². The van der Waals surface area contributed by atoms with Crippen molar-refractivity contribution in [1.29, 1.82) is 0 Å². The van der Waals surface area contributed by atoms with Crippen LogP contribution in [0.2, 0.25) is 0 Å². The Bertz CT molecular complexity index is 645. The lowest BCUT2D eigenvalue weighted by atomic mass is 10.00. The van der Waals surface area contributed by atoms with Gasteiger partial charge in [0.15, 0.2) is 0 Å². The first-order valence-electron chi connectivity index (χ1n) is 11.5. The Hall–Kier alpha value is -1.31. The molecule has 2 amide bonds. The van der Waals surface area contributed by atoms with Gasteiger partial charge in [-0.15, -0.1) is 0 Å². The number of hydrogen-bond donors (Lipinski definition) is 0. The molecule has 0 bridgehead atoms. The second kappa shape index (κ2) is 12.2. The van der Waals surface area contributed by atoms with Gasteiger partial charge in [-0.05, 0) is 80.1 Å². The molecule has 0 radical (unpaired) electrons. The van der Waals surface area contributed by atoms with Crippen LogP contribution in [0.5, 0.6) is 0 Å². The molecule has 6 nitrogen and oxygen atoms in total. The van der Waals surface area contributed by atoms with E-state index in [9.17, 15) is 14.0 Å². The summed E-state index contributed by atoms with van der Waals surface area (Å²) in [6.07, 6.45) is 3.95. The Morgan fingerprint density at radius 1 is 0.906 bits per heavy atom. The van der Waals surface area contributed by atoms with Gasteiger partial charge in [0, 0.05) is 31.5 Å². The Labute approximate surface area is 202 Å². The van der Waals surface area contributed by atoms with Crippen LogP contribution in [0.25, 0.3) is 0 Å². The standard InChI is InChI=1S/C12H21BrFNO2.C12H21NO2/c1-11(2,3)17-10(16)15-7-4-5-12(14,9-13)6-8-15;1-10-6-5-8-13(9-7-10)11(14)15-12(2,3)4/h4-9H2,1-3H3;1,5-9H2,2-4H3. The maximum absolute atomic E-state index is 14.1. The third-order valence-electron chi connectivity index (χ3n) is 5.12. The van der Waals surface area contributed by atoms with E-state index in [0.29, 0.717) is 37.7 Å². The van der Waals surface area contributed by atoms with Crippen LogP contribution in [0.15, 0.2) is 12.2 Å².